The molecule has 1 unspecified atom stereocenters. The van der Waals surface area contributed by atoms with Crippen molar-refractivity contribution >= 4 is 16.7 Å². The molecule has 0 saturated carbocycles. The highest BCUT2D eigenvalue weighted by molar-refractivity contribution is 5.85. The van der Waals surface area contributed by atoms with E-state index in [1.807, 2.05) is 30.3 Å². The summed E-state index contributed by atoms with van der Waals surface area (Å²) in [5.74, 6) is 0.314. The topological polar surface area (TPSA) is 46.5 Å². The van der Waals surface area contributed by atoms with Gasteiger partial charge in [-0.1, -0.05) is 25.1 Å². The normalized spacial score (nSPS) is 12.4. The third-order valence-electron chi connectivity index (χ3n) is 2.84. The van der Waals surface area contributed by atoms with Crippen molar-refractivity contribution in [1.29, 1.82) is 0 Å². The van der Waals surface area contributed by atoms with Crippen LogP contribution in [0.3, 0.4) is 0 Å². The van der Waals surface area contributed by atoms with E-state index in [9.17, 15) is 9.90 Å². The monoisotopic (exact) mass is 244 g/mol. The molecular weight excluding hydrogens is 228 g/mol. The Balaban J connectivity index is 2.35. The lowest BCUT2D eigenvalue weighted by molar-refractivity contribution is -0.134. The highest BCUT2D eigenvalue weighted by atomic mass is 16.5. The highest BCUT2D eigenvalue weighted by Gasteiger charge is 2.05. The Hall–Kier alpha value is -1.87. The lowest BCUT2D eigenvalue weighted by Gasteiger charge is -2.08. The fourth-order valence-corrected chi connectivity index (χ4v) is 1.77. The molecule has 2 aromatic carbocycles. The van der Waals surface area contributed by atoms with E-state index in [4.69, 9.17) is 4.74 Å². The Morgan fingerprint density at radius 3 is 2.56 bits per heavy atom. The molecular formula is C15H16O3. The molecule has 0 aliphatic heterocycles. The number of hydrogen-bond acceptors (Lipinski definition) is 3. The van der Waals surface area contributed by atoms with Crippen molar-refractivity contribution in [1.82, 2.24) is 0 Å². The zero-order valence-electron chi connectivity index (χ0n) is 10.5. The van der Waals surface area contributed by atoms with Crippen LogP contribution in [0.15, 0.2) is 36.4 Å². The van der Waals surface area contributed by atoms with E-state index < -0.39 is 6.10 Å². The van der Waals surface area contributed by atoms with E-state index in [0.717, 1.165) is 16.3 Å². The Kier molecular flexibility index (Phi) is 3.63. The van der Waals surface area contributed by atoms with Gasteiger partial charge in [-0.05, 0) is 41.5 Å². The number of aliphatic hydroxyl groups is 1. The molecule has 0 aliphatic carbocycles. The van der Waals surface area contributed by atoms with Crippen LogP contribution in [0.4, 0.5) is 0 Å². The second kappa shape index (κ2) is 5.19. The molecule has 3 heteroatoms. The number of aliphatic hydroxyl groups excluding tert-OH is 1. The summed E-state index contributed by atoms with van der Waals surface area (Å²) < 4.78 is 5.16. The summed E-state index contributed by atoms with van der Waals surface area (Å²) in [5, 5.41) is 11.5. The number of fused-ring (bicyclic) bond motifs is 1. The number of ether oxygens (including phenoxy) is 1. The summed E-state index contributed by atoms with van der Waals surface area (Å²) in [4.78, 5) is 11.2. The molecule has 0 fully saturated rings. The molecule has 0 bridgehead atoms. The van der Waals surface area contributed by atoms with Gasteiger partial charge in [-0.3, -0.25) is 4.79 Å². The van der Waals surface area contributed by atoms with Crippen molar-refractivity contribution in [3.05, 3.63) is 42.0 Å². The minimum atomic E-state index is -0.480. The lowest BCUT2D eigenvalue weighted by atomic mass is 10.0. The van der Waals surface area contributed by atoms with Crippen LogP contribution in [-0.4, -0.2) is 11.1 Å². The second-order valence-corrected chi connectivity index (χ2v) is 4.27. The summed E-state index contributed by atoms with van der Waals surface area (Å²) >= 11 is 0. The lowest BCUT2D eigenvalue weighted by Crippen LogP contribution is -2.05. The van der Waals surface area contributed by atoms with Crippen molar-refractivity contribution in [2.75, 3.05) is 0 Å². The Labute approximate surface area is 106 Å². The molecule has 0 amide bonds. The van der Waals surface area contributed by atoms with Crippen molar-refractivity contribution in [2.45, 2.75) is 26.4 Å². The van der Waals surface area contributed by atoms with Crippen LogP contribution in [0.1, 0.15) is 31.9 Å². The maximum atomic E-state index is 11.2. The first-order valence-corrected chi connectivity index (χ1v) is 6.02. The summed E-state index contributed by atoms with van der Waals surface area (Å²) in [6.07, 6.45) is -0.120. The number of hydrogen-bond donors (Lipinski definition) is 1. The quantitative estimate of drug-likeness (QED) is 0.666. The number of carbonyl (C=O) groups excluding carboxylic acids is 1. The number of esters is 1. The van der Waals surface area contributed by atoms with Crippen LogP contribution in [0.25, 0.3) is 10.8 Å². The summed E-state index contributed by atoms with van der Waals surface area (Å²) in [5.41, 5.74) is 0.876. The Bertz CT molecular complexity index is 573. The van der Waals surface area contributed by atoms with E-state index in [-0.39, 0.29) is 5.97 Å². The van der Waals surface area contributed by atoms with Gasteiger partial charge in [0, 0.05) is 6.42 Å². The van der Waals surface area contributed by atoms with Crippen molar-refractivity contribution in [3.8, 4) is 5.75 Å². The van der Waals surface area contributed by atoms with E-state index in [1.54, 1.807) is 19.9 Å². The van der Waals surface area contributed by atoms with Crippen molar-refractivity contribution < 1.29 is 14.6 Å². The second-order valence-electron chi connectivity index (χ2n) is 4.27. The van der Waals surface area contributed by atoms with Gasteiger partial charge in [-0.2, -0.15) is 0 Å². The molecule has 0 radical (unpaired) electrons. The Morgan fingerprint density at radius 1 is 1.22 bits per heavy atom. The summed E-state index contributed by atoms with van der Waals surface area (Å²) in [6.45, 7) is 3.50. The first kappa shape index (κ1) is 12.6. The predicted octanol–water partition coefficient (Wildman–Crippen LogP) is 3.21. The maximum absolute atomic E-state index is 11.2. The smallest absolute Gasteiger partial charge is 0.310 e. The van der Waals surface area contributed by atoms with Crippen LogP contribution in [0.2, 0.25) is 0 Å². The molecule has 0 aliphatic rings. The van der Waals surface area contributed by atoms with E-state index in [1.165, 1.54) is 0 Å². The average molecular weight is 244 g/mol. The van der Waals surface area contributed by atoms with Crippen LogP contribution in [0, 0.1) is 0 Å². The molecule has 1 N–H and O–H groups in total. The maximum Gasteiger partial charge on any atom is 0.310 e. The van der Waals surface area contributed by atoms with Crippen LogP contribution in [-0.2, 0) is 4.79 Å². The molecule has 2 rings (SSSR count). The third-order valence-corrected chi connectivity index (χ3v) is 2.84. The standard InChI is InChI=1S/C15H16O3/c1-3-15(17)18-14-7-6-12-8-11(10(2)16)4-5-13(12)9-14/h4-10,16H,3H2,1-2H3. The SMILES string of the molecule is CCC(=O)Oc1ccc2cc(C(C)O)ccc2c1. The van der Waals surface area contributed by atoms with Crippen LogP contribution in [0.5, 0.6) is 5.75 Å². The van der Waals surface area contributed by atoms with Gasteiger partial charge in [0.2, 0.25) is 0 Å². The minimum Gasteiger partial charge on any atom is -0.427 e. The summed E-state index contributed by atoms with van der Waals surface area (Å²) in [6, 6.07) is 11.2. The molecule has 94 valence electrons. The van der Waals surface area contributed by atoms with Gasteiger partial charge in [0.15, 0.2) is 0 Å². The minimum absolute atomic E-state index is 0.241. The van der Waals surface area contributed by atoms with Gasteiger partial charge in [-0.15, -0.1) is 0 Å². The largest absolute Gasteiger partial charge is 0.427 e. The van der Waals surface area contributed by atoms with Gasteiger partial charge >= 0.3 is 5.97 Å². The van der Waals surface area contributed by atoms with Gasteiger partial charge in [0.05, 0.1) is 6.10 Å². The average Bonchev–Trinajstić information content (AvgIpc) is 2.37. The fraction of sp³-hybridized carbons (Fsp3) is 0.267. The zero-order valence-corrected chi connectivity index (χ0v) is 10.5. The molecule has 2 aromatic rings. The molecule has 18 heavy (non-hydrogen) atoms. The van der Waals surface area contributed by atoms with Gasteiger partial charge in [-0.25, -0.2) is 0 Å². The van der Waals surface area contributed by atoms with Gasteiger partial charge < -0.3 is 9.84 Å². The fourth-order valence-electron chi connectivity index (χ4n) is 1.77. The van der Waals surface area contributed by atoms with E-state index in [2.05, 4.69) is 0 Å². The van der Waals surface area contributed by atoms with E-state index >= 15 is 0 Å². The number of benzene rings is 2. The molecule has 0 saturated heterocycles. The first-order valence-electron chi connectivity index (χ1n) is 6.02. The van der Waals surface area contributed by atoms with Crippen LogP contribution < -0.4 is 4.74 Å². The number of carbonyl (C=O) groups is 1. The molecule has 0 aromatic heterocycles. The zero-order chi connectivity index (χ0) is 13.1. The molecule has 1 atom stereocenters. The van der Waals surface area contributed by atoms with Crippen molar-refractivity contribution in [3.63, 3.8) is 0 Å². The number of rotatable bonds is 3. The summed E-state index contributed by atoms with van der Waals surface area (Å²) in [7, 11) is 0. The Morgan fingerprint density at radius 2 is 1.89 bits per heavy atom. The van der Waals surface area contributed by atoms with Crippen LogP contribution >= 0.6 is 0 Å². The van der Waals surface area contributed by atoms with Crippen molar-refractivity contribution in [2.24, 2.45) is 0 Å². The van der Waals surface area contributed by atoms with Gasteiger partial charge in [0.25, 0.3) is 0 Å². The molecule has 0 spiro atoms. The third kappa shape index (κ3) is 2.68. The van der Waals surface area contributed by atoms with E-state index in [0.29, 0.717) is 12.2 Å². The molecule has 0 heterocycles. The highest BCUT2D eigenvalue weighted by Crippen LogP contribution is 2.24. The molecule has 3 nitrogen and oxygen atoms in total. The predicted molar refractivity (Wildman–Crippen MR) is 70.5 cm³/mol. The first-order chi connectivity index (χ1) is 8.60. The van der Waals surface area contributed by atoms with Gasteiger partial charge in [0.1, 0.15) is 5.75 Å².